The van der Waals surface area contributed by atoms with Crippen LogP contribution >= 0.6 is 0 Å². The van der Waals surface area contributed by atoms with Crippen LogP contribution in [-0.4, -0.2) is 61.9 Å². The van der Waals surface area contributed by atoms with Gasteiger partial charge in [0.05, 0.1) is 13.2 Å². The van der Waals surface area contributed by atoms with Crippen LogP contribution in [0.1, 0.15) is 32.6 Å². The van der Waals surface area contributed by atoms with E-state index >= 15 is 0 Å². The molecule has 0 spiro atoms. The average molecular weight is 330 g/mol. The summed E-state index contributed by atoms with van der Waals surface area (Å²) in [6.45, 7) is 2.26. The summed E-state index contributed by atoms with van der Waals surface area (Å²) in [7, 11) is 1.56. The van der Waals surface area contributed by atoms with Gasteiger partial charge in [-0.15, -0.1) is 0 Å². The maximum absolute atomic E-state index is 12.0. The Morgan fingerprint density at radius 1 is 1.17 bits per heavy atom. The summed E-state index contributed by atoms with van der Waals surface area (Å²) >= 11 is 0. The first-order valence-electron chi connectivity index (χ1n) is 7.83. The molecule has 1 rings (SSSR count). The van der Waals surface area contributed by atoms with Crippen LogP contribution in [0, 0.1) is 5.92 Å². The van der Waals surface area contributed by atoms with E-state index in [1.54, 1.807) is 7.11 Å². The molecule has 2 amide bonds. The fraction of sp³-hybridized carbons (Fsp3) is 0.800. The van der Waals surface area contributed by atoms with E-state index in [4.69, 9.17) is 14.6 Å². The minimum absolute atomic E-state index is 0.0000983. The second-order valence-corrected chi connectivity index (χ2v) is 5.73. The number of nitrogens with one attached hydrogen (secondary N) is 2. The first-order valence-corrected chi connectivity index (χ1v) is 7.83. The van der Waals surface area contributed by atoms with Crippen LogP contribution in [-0.2, 0) is 23.9 Å². The number of ether oxygens (including phenoxy) is 2. The van der Waals surface area contributed by atoms with Crippen LogP contribution in [0.2, 0.25) is 0 Å². The van der Waals surface area contributed by atoms with Gasteiger partial charge < -0.3 is 25.2 Å². The number of methoxy groups -OCH3 is 1. The van der Waals surface area contributed by atoms with Gasteiger partial charge in [-0.05, 0) is 32.6 Å². The molecule has 0 saturated heterocycles. The maximum atomic E-state index is 12.0. The molecule has 3 N–H and O–H groups in total. The van der Waals surface area contributed by atoms with Crippen molar-refractivity contribution in [1.82, 2.24) is 10.6 Å². The minimum atomic E-state index is -1.05. The standard InChI is InChI=1S/C15H26N2O6/c1-10(15(20)21)16-14(19)11-3-5-12(6-4-11)17-13(18)9-23-8-7-22-2/h10-12H,3-9H2,1-2H3,(H,16,19)(H,17,18)(H,20,21). The highest BCUT2D eigenvalue weighted by Gasteiger charge is 2.28. The van der Waals surface area contributed by atoms with Crippen molar-refractivity contribution in [3.8, 4) is 0 Å². The molecule has 1 aliphatic rings. The number of hydrogen-bond donors (Lipinski definition) is 3. The molecule has 1 aliphatic carbocycles. The summed E-state index contributed by atoms with van der Waals surface area (Å²) in [6, 6.07) is -0.848. The van der Waals surface area contributed by atoms with Crippen molar-refractivity contribution in [1.29, 1.82) is 0 Å². The van der Waals surface area contributed by atoms with Crippen molar-refractivity contribution < 1.29 is 29.0 Å². The quantitative estimate of drug-likeness (QED) is 0.509. The van der Waals surface area contributed by atoms with Crippen molar-refractivity contribution in [3.63, 3.8) is 0 Å². The molecular weight excluding hydrogens is 304 g/mol. The molecule has 0 aromatic heterocycles. The highest BCUT2D eigenvalue weighted by Crippen LogP contribution is 2.24. The second-order valence-electron chi connectivity index (χ2n) is 5.73. The van der Waals surface area contributed by atoms with Gasteiger partial charge in [0.25, 0.3) is 0 Å². The van der Waals surface area contributed by atoms with E-state index < -0.39 is 12.0 Å². The fourth-order valence-corrected chi connectivity index (χ4v) is 2.47. The lowest BCUT2D eigenvalue weighted by atomic mass is 9.85. The lowest BCUT2D eigenvalue weighted by Gasteiger charge is -2.28. The second kappa shape index (κ2) is 10.2. The topological polar surface area (TPSA) is 114 Å². The third-order valence-corrected chi connectivity index (χ3v) is 3.86. The van der Waals surface area contributed by atoms with Crippen LogP contribution in [0.3, 0.4) is 0 Å². The Labute approximate surface area is 135 Å². The zero-order valence-electron chi connectivity index (χ0n) is 13.7. The third kappa shape index (κ3) is 7.43. The molecular formula is C15H26N2O6. The zero-order chi connectivity index (χ0) is 17.2. The predicted molar refractivity (Wildman–Crippen MR) is 81.8 cm³/mol. The molecule has 0 aromatic carbocycles. The summed E-state index contributed by atoms with van der Waals surface area (Å²) < 4.78 is 9.96. The summed E-state index contributed by atoms with van der Waals surface area (Å²) in [5.41, 5.74) is 0. The molecule has 0 heterocycles. The van der Waals surface area contributed by atoms with Gasteiger partial charge in [0, 0.05) is 19.1 Å². The van der Waals surface area contributed by atoms with Crippen molar-refractivity contribution in [2.75, 3.05) is 26.9 Å². The lowest BCUT2D eigenvalue weighted by Crippen LogP contribution is -2.45. The minimum Gasteiger partial charge on any atom is -0.480 e. The maximum Gasteiger partial charge on any atom is 0.325 e. The van der Waals surface area contributed by atoms with Crippen LogP contribution in [0.25, 0.3) is 0 Å². The summed E-state index contributed by atoms with van der Waals surface area (Å²) in [6.07, 6.45) is 2.66. The number of carboxylic acids is 1. The molecule has 1 saturated carbocycles. The molecule has 23 heavy (non-hydrogen) atoms. The molecule has 8 heteroatoms. The van der Waals surface area contributed by atoms with Crippen LogP contribution in [0.4, 0.5) is 0 Å². The third-order valence-electron chi connectivity index (χ3n) is 3.86. The average Bonchev–Trinajstić information content (AvgIpc) is 2.52. The molecule has 0 radical (unpaired) electrons. The lowest BCUT2D eigenvalue weighted by molar-refractivity contribution is -0.142. The number of hydrogen-bond acceptors (Lipinski definition) is 5. The SMILES string of the molecule is COCCOCC(=O)NC1CCC(C(=O)NC(C)C(=O)O)CC1. The number of aliphatic carboxylic acids is 1. The Balaban J connectivity index is 2.23. The van der Waals surface area contributed by atoms with Gasteiger partial charge in [0.15, 0.2) is 0 Å². The molecule has 0 aromatic rings. The van der Waals surface area contributed by atoms with Gasteiger partial charge in [0.2, 0.25) is 11.8 Å². The van der Waals surface area contributed by atoms with Crippen molar-refractivity contribution in [2.24, 2.45) is 5.92 Å². The van der Waals surface area contributed by atoms with E-state index in [0.29, 0.717) is 38.9 Å². The molecule has 132 valence electrons. The smallest absolute Gasteiger partial charge is 0.325 e. The van der Waals surface area contributed by atoms with Gasteiger partial charge in [-0.25, -0.2) is 0 Å². The van der Waals surface area contributed by atoms with Crippen LogP contribution in [0.5, 0.6) is 0 Å². The summed E-state index contributed by atoms with van der Waals surface area (Å²) in [5.74, 6) is -1.64. The molecule has 8 nitrogen and oxygen atoms in total. The summed E-state index contributed by atoms with van der Waals surface area (Å²) in [5, 5.41) is 14.2. The van der Waals surface area contributed by atoms with Crippen molar-refractivity contribution in [3.05, 3.63) is 0 Å². The Morgan fingerprint density at radius 3 is 2.39 bits per heavy atom. The van der Waals surface area contributed by atoms with E-state index in [-0.39, 0.29) is 30.4 Å². The van der Waals surface area contributed by atoms with Crippen molar-refractivity contribution in [2.45, 2.75) is 44.7 Å². The highest BCUT2D eigenvalue weighted by atomic mass is 16.5. The largest absolute Gasteiger partial charge is 0.480 e. The van der Waals surface area contributed by atoms with Crippen LogP contribution in [0.15, 0.2) is 0 Å². The van der Waals surface area contributed by atoms with E-state index in [0.717, 1.165) is 0 Å². The predicted octanol–water partition coefficient (Wildman–Crippen LogP) is -0.0863. The number of rotatable bonds is 9. The Bertz CT molecular complexity index is 407. The van der Waals surface area contributed by atoms with Gasteiger partial charge in [-0.2, -0.15) is 0 Å². The van der Waals surface area contributed by atoms with E-state index in [1.165, 1.54) is 6.92 Å². The van der Waals surface area contributed by atoms with E-state index in [1.807, 2.05) is 0 Å². The van der Waals surface area contributed by atoms with Gasteiger partial charge in [-0.1, -0.05) is 0 Å². The molecule has 1 atom stereocenters. The Hall–Kier alpha value is -1.67. The number of amides is 2. The molecule has 0 aliphatic heterocycles. The van der Waals surface area contributed by atoms with Crippen molar-refractivity contribution >= 4 is 17.8 Å². The van der Waals surface area contributed by atoms with Crippen LogP contribution < -0.4 is 10.6 Å². The summed E-state index contributed by atoms with van der Waals surface area (Å²) in [4.78, 5) is 34.4. The molecule has 0 bridgehead atoms. The number of carbonyl (C=O) groups excluding carboxylic acids is 2. The van der Waals surface area contributed by atoms with Gasteiger partial charge >= 0.3 is 5.97 Å². The Kier molecular flexibility index (Phi) is 8.57. The fourth-order valence-electron chi connectivity index (χ4n) is 2.47. The first-order chi connectivity index (χ1) is 10.9. The normalized spacial score (nSPS) is 22.2. The number of carboxylic acid groups (broad SMARTS) is 1. The van der Waals surface area contributed by atoms with E-state index in [2.05, 4.69) is 10.6 Å². The molecule has 1 fully saturated rings. The van der Waals surface area contributed by atoms with E-state index in [9.17, 15) is 14.4 Å². The molecule has 1 unspecified atom stereocenters. The monoisotopic (exact) mass is 330 g/mol. The first kappa shape index (κ1) is 19.4. The highest BCUT2D eigenvalue weighted by molar-refractivity contribution is 5.84. The van der Waals surface area contributed by atoms with Gasteiger partial charge in [-0.3, -0.25) is 14.4 Å². The van der Waals surface area contributed by atoms with Gasteiger partial charge in [0.1, 0.15) is 12.6 Å². The number of carbonyl (C=O) groups is 3. The zero-order valence-corrected chi connectivity index (χ0v) is 13.7. The Morgan fingerprint density at radius 2 is 1.83 bits per heavy atom.